The standard InChI is InChI=1S/C5H10ClNO2/c6-7-2-5(9)1-4(7)3-8/h4-5,8-9H,1-3H2/t4-,5+/m0/s1. The summed E-state index contributed by atoms with van der Waals surface area (Å²) in [5.41, 5.74) is 0. The zero-order valence-corrected chi connectivity index (χ0v) is 5.75. The highest BCUT2D eigenvalue weighted by atomic mass is 35.5. The molecule has 0 unspecified atom stereocenters. The topological polar surface area (TPSA) is 43.7 Å². The van der Waals surface area contributed by atoms with E-state index < -0.39 is 0 Å². The van der Waals surface area contributed by atoms with Gasteiger partial charge in [-0.3, -0.25) is 0 Å². The fourth-order valence-corrected chi connectivity index (χ4v) is 1.32. The smallest absolute Gasteiger partial charge is 0.0696 e. The van der Waals surface area contributed by atoms with E-state index in [1.54, 1.807) is 0 Å². The van der Waals surface area contributed by atoms with Crippen molar-refractivity contribution >= 4 is 11.8 Å². The Hall–Kier alpha value is 0.170. The molecule has 1 aliphatic rings. The van der Waals surface area contributed by atoms with Gasteiger partial charge in [0.15, 0.2) is 0 Å². The third-order valence-electron chi connectivity index (χ3n) is 1.54. The maximum Gasteiger partial charge on any atom is 0.0696 e. The third-order valence-corrected chi connectivity index (χ3v) is 1.95. The molecule has 1 fully saturated rings. The normalized spacial score (nSPS) is 37.7. The summed E-state index contributed by atoms with van der Waals surface area (Å²) in [6, 6.07) is -0.0540. The van der Waals surface area contributed by atoms with Crippen LogP contribution in [0.15, 0.2) is 0 Å². The number of hydrogen-bond acceptors (Lipinski definition) is 3. The molecule has 4 heteroatoms. The molecule has 0 aliphatic carbocycles. The summed E-state index contributed by atoms with van der Waals surface area (Å²) in [6.07, 6.45) is 0.222. The van der Waals surface area contributed by atoms with Crippen molar-refractivity contribution < 1.29 is 10.2 Å². The van der Waals surface area contributed by atoms with Crippen molar-refractivity contribution in [1.82, 2.24) is 4.42 Å². The molecule has 0 saturated carbocycles. The van der Waals surface area contributed by atoms with Crippen LogP contribution in [0.4, 0.5) is 0 Å². The highest BCUT2D eigenvalue weighted by Gasteiger charge is 2.28. The Kier molecular flexibility index (Phi) is 2.29. The van der Waals surface area contributed by atoms with Crippen molar-refractivity contribution in [3.05, 3.63) is 0 Å². The highest BCUT2D eigenvalue weighted by Crippen LogP contribution is 2.18. The summed E-state index contributed by atoms with van der Waals surface area (Å²) in [6.45, 7) is 0.493. The summed E-state index contributed by atoms with van der Waals surface area (Å²) in [5, 5.41) is 17.6. The number of nitrogens with zero attached hydrogens (tertiary/aromatic N) is 1. The van der Waals surface area contributed by atoms with Gasteiger partial charge in [0.1, 0.15) is 0 Å². The zero-order valence-electron chi connectivity index (χ0n) is 5.00. The van der Waals surface area contributed by atoms with Gasteiger partial charge in [0.05, 0.1) is 18.8 Å². The molecule has 1 rings (SSSR count). The average Bonchev–Trinajstić information content (AvgIpc) is 2.10. The number of rotatable bonds is 1. The summed E-state index contributed by atoms with van der Waals surface area (Å²) in [7, 11) is 0. The molecule has 2 N–H and O–H groups in total. The van der Waals surface area contributed by atoms with Gasteiger partial charge in [-0.05, 0) is 18.2 Å². The molecule has 0 spiro atoms. The van der Waals surface area contributed by atoms with Gasteiger partial charge in [-0.15, -0.1) is 0 Å². The largest absolute Gasteiger partial charge is 0.395 e. The SMILES string of the molecule is OC[C@@H]1C[C@@H](O)CN1Cl. The Morgan fingerprint density at radius 1 is 1.67 bits per heavy atom. The van der Waals surface area contributed by atoms with Crippen molar-refractivity contribution in [2.75, 3.05) is 13.2 Å². The minimum absolute atomic E-state index is 0.0283. The van der Waals surface area contributed by atoms with Gasteiger partial charge in [-0.2, -0.15) is 0 Å². The van der Waals surface area contributed by atoms with Gasteiger partial charge in [0, 0.05) is 6.54 Å². The van der Waals surface area contributed by atoms with E-state index in [-0.39, 0.29) is 18.8 Å². The van der Waals surface area contributed by atoms with Gasteiger partial charge >= 0.3 is 0 Å². The van der Waals surface area contributed by atoms with E-state index in [4.69, 9.17) is 22.0 Å². The quantitative estimate of drug-likeness (QED) is 0.500. The molecule has 1 saturated heterocycles. The monoisotopic (exact) mass is 151 g/mol. The molecule has 0 aromatic carbocycles. The molecule has 0 bridgehead atoms. The van der Waals surface area contributed by atoms with Crippen LogP contribution in [-0.4, -0.2) is 39.9 Å². The molecule has 0 radical (unpaired) electrons. The summed E-state index contributed by atoms with van der Waals surface area (Å²) < 4.78 is 1.45. The van der Waals surface area contributed by atoms with Gasteiger partial charge < -0.3 is 10.2 Å². The summed E-state index contributed by atoms with van der Waals surface area (Å²) in [5.74, 6) is 0. The zero-order chi connectivity index (χ0) is 6.85. The second kappa shape index (κ2) is 2.84. The molecule has 1 heterocycles. The lowest BCUT2D eigenvalue weighted by atomic mass is 10.2. The predicted octanol–water partition coefficient (Wildman–Crippen LogP) is -0.432. The van der Waals surface area contributed by atoms with E-state index in [0.29, 0.717) is 13.0 Å². The number of aliphatic hydroxyl groups excluding tert-OH is 2. The van der Waals surface area contributed by atoms with Crippen LogP contribution < -0.4 is 0 Å². The molecule has 3 nitrogen and oxygen atoms in total. The first-order valence-corrected chi connectivity index (χ1v) is 3.29. The van der Waals surface area contributed by atoms with E-state index in [2.05, 4.69) is 0 Å². The highest BCUT2D eigenvalue weighted by molar-refractivity contribution is 6.13. The van der Waals surface area contributed by atoms with Crippen LogP contribution in [0.1, 0.15) is 6.42 Å². The number of aliphatic hydroxyl groups is 2. The molecular weight excluding hydrogens is 142 g/mol. The number of β-amino-alcohol motifs (C(OH)–C–C–N with tert-alkyl or cyclic N) is 1. The molecule has 1 aliphatic heterocycles. The number of hydrogen-bond donors (Lipinski definition) is 2. The van der Waals surface area contributed by atoms with Crippen LogP contribution in [0.25, 0.3) is 0 Å². The maximum atomic E-state index is 8.96. The van der Waals surface area contributed by atoms with E-state index in [1.807, 2.05) is 0 Å². The van der Waals surface area contributed by atoms with Crippen molar-refractivity contribution in [2.24, 2.45) is 0 Å². The van der Waals surface area contributed by atoms with Gasteiger partial charge in [-0.25, -0.2) is 4.42 Å². The third kappa shape index (κ3) is 1.55. The number of halogens is 1. The van der Waals surface area contributed by atoms with Crippen LogP contribution >= 0.6 is 11.8 Å². The van der Waals surface area contributed by atoms with Crippen molar-refractivity contribution in [1.29, 1.82) is 0 Å². The molecule has 9 heavy (non-hydrogen) atoms. The maximum absolute atomic E-state index is 8.96. The minimum Gasteiger partial charge on any atom is -0.395 e. The first kappa shape index (κ1) is 7.28. The van der Waals surface area contributed by atoms with Gasteiger partial charge in [0.25, 0.3) is 0 Å². The minimum atomic E-state index is -0.361. The molecule has 54 valence electrons. The van der Waals surface area contributed by atoms with Crippen molar-refractivity contribution in [3.63, 3.8) is 0 Å². The summed E-state index contributed by atoms with van der Waals surface area (Å²) in [4.78, 5) is 0. The molecule has 0 amide bonds. The molecule has 0 aromatic rings. The molecule has 0 aromatic heterocycles. The van der Waals surface area contributed by atoms with Crippen molar-refractivity contribution in [3.8, 4) is 0 Å². The van der Waals surface area contributed by atoms with E-state index in [1.165, 1.54) is 4.42 Å². The molecular formula is C5H10ClNO2. The lowest BCUT2D eigenvalue weighted by Gasteiger charge is -2.11. The van der Waals surface area contributed by atoms with E-state index in [9.17, 15) is 0 Å². The average molecular weight is 152 g/mol. The van der Waals surface area contributed by atoms with E-state index >= 15 is 0 Å². The summed E-state index contributed by atoms with van der Waals surface area (Å²) >= 11 is 5.59. The second-order valence-electron chi connectivity index (χ2n) is 2.31. The predicted molar refractivity (Wildman–Crippen MR) is 34.1 cm³/mol. The fraction of sp³-hybridized carbons (Fsp3) is 1.00. The Bertz CT molecular complexity index is 101. The first-order chi connectivity index (χ1) is 4.24. The lowest BCUT2D eigenvalue weighted by molar-refractivity contribution is 0.184. The Morgan fingerprint density at radius 3 is 2.56 bits per heavy atom. The van der Waals surface area contributed by atoms with Crippen molar-refractivity contribution in [2.45, 2.75) is 18.6 Å². The van der Waals surface area contributed by atoms with Crippen LogP contribution in [-0.2, 0) is 0 Å². The van der Waals surface area contributed by atoms with Gasteiger partial charge in [0.2, 0.25) is 0 Å². The van der Waals surface area contributed by atoms with E-state index in [0.717, 1.165) is 0 Å². The first-order valence-electron chi connectivity index (χ1n) is 2.95. The van der Waals surface area contributed by atoms with Crippen LogP contribution in [0.2, 0.25) is 0 Å². The van der Waals surface area contributed by atoms with Gasteiger partial charge in [-0.1, -0.05) is 0 Å². The van der Waals surface area contributed by atoms with Crippen LogP contribution in [0, 0.1) is 0 Å². The Balaban J connectivity index is 2.38. The fourth-order valence-electron chi connectivity index (χ4n) is 1.02. The lowest BCUT2D eigenvalue weighted by Crippen LogP contribution is -2.23. The Labute approximate surface area is 59.0 Å². The Morgan fingerprint density at radius 2 is 2.33 bits per heavy atom. The molecule has 2 atom stereocenters. The van der Waals surface area contributed by atoms with Crippen LogP contribution in [0.5, 0.6) is 0 Å². The second-order valence-corrected chi connectivity index (χ2v) is 2.74. The van der Waals surface area contributed by atoms with Crippen LogP contribution in [0.3, 0.4) is 0 Å².